The summed E-state index contributed by atoms with van der Waals surface area (Å²) >= 11 is 1.31. The number of fused-ring (bicyclic) bond motifs is 1. The zero-order chi connectivity index (χ0) is 15.5. The number of carbonyl (C=O) groups is 1. The largest absolute Gasteiger partial charge is 0.466 e. The van der Waals surface area contributed by atoms with Gasteiger partial charge in [-0.2, -0.15) is 0 Å². The van der Waals surface area contributed by atoms with E-state index in [1.165, 1.54) is 11.3 Å². The van der Waals surface area contributed by atoms with E-state index in [4.69, 9.17) is 9.15 Å². The molecule has 0 aliphatic carbocycles. The summed E-state index contributed by atoms with van der Waals surface area (Å²) in [4.78, 5) is 27.9. The van der Waals surface area contributed by atoms with Crippen molar-refractivity contribution in [3.05, 3.63) is 51.8 Å². The monoisotopic (exact) mass is 315 g/mol. The van der Waals surface area contributed by atoms with Gasteiger partial charge in [0.05, 0.1) is 24.3 Å². The zero-order valence-electron chi connectivity index (χ0n) is 11.9. The van der Waals surface area contributed by atoms with E-state index in [0.29, 0.717) is 28.5 Å². The molecular formula is C16H13NO4S. The molecule has 0 aliphatic heterocycles. The number of carbonyl (C=O) groups excluding carboxylic acids is 1. The number of aromatic nitrogens is 1. The molecule has 5 nitrogen and oxygen atoms in total. The zero-order valence-corrected chi connectivity index (χ0v) is 12.7. The SMILES string of the molecule is CCOC(=O)Cc1csc(-c2cc3ccccc3oc2=O)n1. The van der Waals surface area contributed by atoms with Gasteiger partial charge < -0.3 is 9.15 Å². The third-order valence-electron chi connectivity index (χ3n) is 3.05. The van der Waals surface area contributed by atoms with E-state index in [2.05, 4.69) is 4.98 Å². The number of thiazole rings is 1. The number of benzene rings is 1. The fraction of sp³-hybridized carbons (Fsp3) is 0.188. The van der Waals surface area contributed by atoms with Gasteiger partial charge in [0.2, 0.25) is 0 Å². The minimum absolute atomic E-state index is 0.100. The molecule has 0 spiro atoms. The van der Waals surface area contributed by atoms with Crippen LogP contribution in [0.1, 0.15) is 12.6 Å². The summed E-state index contributed by atoms with van der Waals surface area (Å²) in [5.74, 6) is -0.329. The summed E-state index contributed by atoms with van der Waals surface area (Å²) in [6.45, 7) is 2.09. The Hall–Kier alpha value is -2.47. The van der Waals surface area contributed by atoms with Crippen LogP contribution in [0, 0.1) is 0 Å². The highest BCUT2D eigenvalue weighted by Gasteiger charge is 2.13. The van der Waals surface area contributed by atoms with Gasteiger partial charge in [-0.25, -0.2) is 9.78 Å². The molecule has 0 amide bonds. The van der Waals surface area contributed by atoms with Gasteiger partial charge in [0, 0.05) is 10.8 Å². The summed E-state index contributed by atoms with van der Waals surface area (Å²) in [7, 11) is 0. The lowest BCUT2D eigenvalue weighted by Crippen LogP contribution is -2.08. The first-order valence-corrected chi connectivity index (χ1v) is 7.68. The third-order valence-corrected chi connectivity index (χ3v) is 3.98. The van der Waals surface area contributed by atoms with Crippen molar-refractivity contribution in [1.82, 2.24) is 4.98 Å². The molecule has 2 heterocycles. The van der Waals surface area contributed by atoms with Crippen molar-refractivity contribution in [2.24, 2.45) is 0 Å². The minimum Gasteiger partial charge on any atom is -0.466 e. The Morgan fingerprint density at radius 2 is 2.18 bits per heavy atom. The van der Waals surface area contributed by atoms with Crippen LogP contribution in [0.5, 0.6) is 0 Å². The number of hydrogen-bond donors (Lipinski definition) is 0. The smallest absolute Gasteiger partial charge is 0.346 e. The first-order valence-electron chi connectivity index (χ1n) is 6.80. The van der Waals surface area contributed by atoms with E-state index in [-0.39, 0.29) is 12.4 Å². The van der Waals surface area contributed by atoms with Crippen LogP contribution < -0.4 is 5.63 Å². The van der Waals surface area contributed by atoms with Crippen molar-refractivity contribution >= 4 is 28.3 Å². The van der Waals surface area contributed by atoms with Crippen LogP contribution in [0.15, 0.2) is 44.9 Å². The Balaban J connectivity index is 1.94. The average Bonchev–Trinajstić information content (AvgIpc) is 2.95. The van der Waals surface area contributed by atoms with Crippen LogP contribution in [0.4, 0.5) is 0 Å². The Morgan fingerprint density at radius 1 is 1.36 bits per heavy atom. The lowest BCUT2D eigenvalue weighted by Gasteiger charge is -1.99. The maximum atomic E-state index is 12.1. The van der Waals surface area contributed by atoms with Gasteiger partial charge in [0.25, 0.3) is 0 Å². The molecule has 6 heteroatoms. The average molecular weight is 315 g/mol. The van der Waals surface area contributed by atoms with E-state index in [1.807, 2.05) is 18.2 Å². The van der Waals surface area contributed by atoms with Gasteiger partial charge in [-0.3, -0.25) is 4.79 Å². The number of nitrogens with zero attached hydrogens (tertiary/aromatic N) is 1. The van der Waals surface area contributed by atoms with Crippen LogP contribution in [-0.2, 0) is 16.0 Å². The van der Waals surface area contributed by atoms with Crippen molar-refractivity contribution in [2.45, 2.75) is 13.3 Å². The van der Waals surface area contributed by atoms with Gasteiger partial charge in [-0.1, -0.05) is 18.2 Å². The summed E-state index contributed by atoms with van der Waals surface area (Å²) in [6.07, 6.45) is 0.100. The Kier molecular flexibility index (Phi) is 4.02. The van der Waals surface area contributed by atoms with E-state index in [0.717, 1.165) is 5.39 Å². The number of esters is 1. The van der Waals surface area contributed by atoms with E-state index in [1.54, 1.807) is 24.4 Å². The molecule has 0 N–H and O–H groups in total. The molecule has 0 atom stereocenters. The third kappa shape index (κ3) is 2.92. The predicted octanol–water partition coefficient (Wildman–Crippen LogP) is 3.02. The van der Waals surface area contributed by atoms with Gasteiger partial charge in [-0.15, -0.1) is 11.3 Å². The second-order valence-electron chi connectivity index (χ2n) is 4.61. The van der Waals surface area contributed by atoms with Gasteiger partial charge in [0.15, 0.2) is 0 Å². The molecule has 1 aromatic carbocycles. The first kappa shape index (κ1) is 14.5. The Labute approximate surface area is 130 Å². The first-order chi connectivity index (χ1) is 10.7. The number of rotatable bonds is 4. The van der Waals surface area contributed by atoms with E-state index >= 15 is 0 Å². The fourth-order valence-electron chi connectivity index (χ4n) is 2.08. The second kappa shape index (κ2) is 6.11. The van der Waals surface area contributed by atoms with Crippen LogP contribution in [0.25, 0.3) is 21.5 Å². The van der Waals surface area contributed by atoms with Crippen LogP contribution >= 0.6 is 11.3 Å². The Bertz CT molecular complexity index is 881. The van der Waals surface area contributed by atoms with Gasteiger partial charge >= 0.3 is 11.6 Å². The second-order valence-corrected chi connectivity index (χ2v) is 5.47. The van der Waals surface area contributed by atoms with Crippen molar-refractivity contribution in [3.63, 3.8) is 0 Å². The number of para-hydroxylation sites is 1. The molecule has 2 aromatic heterocycles. The quantitative estimate of drug-likeness (QED) is 0.547. The molecule has 0 unspecified atom stereocenters. The molecule has 22 heavy (non-hydrogen) atoms. The van der Waals surface area contributed by atoms with Gasteiger partial charge in [-0.05, 0) is 19.1 Å². The highest BCUT2D eigenvalue weighted by Crippen LogP contribution is 2.24. The van der Waals surface area contributed by atoms with E-state index in [9.17, 15) is 9.59 Å². The number of hydrogen-bond acceptors (Lipinski definition) is 6. The molecule has 112 valence electrons. The van der Waals surface area contributed by atoms with Crippen molar-refractivity contribution in [3.8, 4) is 10.6 Å². The maximum Gasteiger partial charge on any atom is 0.346 e. The highest BCUT2D eigenvalue weighted by atomic mass is 32.1. The minimum atomic E-state index is -0.435. The molecule has 0 fully saturated rings. The molecule has 0 bridgehead atoms. The summed E-state index contributed by atoms with van der Waals surface area (Å²) in [6, 6.07) is 9.06. The van der Waals surface area contributed by atoms with Crippen LogP contribution in [0.2, 0.25) is 0 Å². The molecule has 0 radical (unpaired) electrons. The Morgan fingerprint density at radius 3 is 3.00 bits per heavy atom. The fourth-order valence-corrected chi connectivity index (χ4v) is 2.91. The molecule has 0 aliphatic rings. The summed E-state index contributed by atoms with van der Waals surface area (Å²) < 4.78 is 10.2. The van der Waals surface area contributed by atoms with E-state index < -0.39 is 5.63 Å². The molecule has 3 aromatic rings. The molecular weight excluding hydrogens is 302 g/mol. The molecule has 0 saturated carbocycles. The van der Waals surface area contributed by atoms with Crippen LogP contribution in [0.3, 0.4) is 0 Å². The standard InChI is InChI=1S/C16H13NO4S/c1-2-20-14(18)8-11-9-22-15(17-11)12-7-10-5-3-4-6-13(10)21-16(12)19/h3-7,9H,2,8H2,1H3. The van der Waals surface area contributed by atoms with Crippen molar-refractivity contribution in [1.29, 1.82) is 0 Å². The summed E-state index contributed by atoms with van der Waals surface area (Å²) in [5, 5.41) is 3.12. The highest BCUT2D eigenvalue weighted by molar-refractivity contribution is 7.13. The van der Waals surface area contributed by atoms with Crippen molar-refractivity contribution in [2.75, 3.05) is 6.61 Å². The lowest BCUT2D eigenvalue weighted by atomic mass is 10.2. The molecule has 0 saturated heterocycles. The normalized spacial score (nSPS) is 10.8. The summed E-state index contributed by atoms with van der Waals surface area (Å²) in [5.41, 5.74) is 1.10. The topological polar surface area (TPSA) is 69.4 Å². The van der Waals surface area contributed by atoms with Crippen molar-refractivity contribution < 1.29 is 13.9 Å². The van der Waals surface area contributed by atoms with Crippen LogP contribution in [-0.4, -0.2) is 17.6 Å². The number of ether oxygens (including phenoxy) is 1. The molecule has 3 rings (SSSR count). The maximum absolute atomic E-state index is 12.1. The van der Waals surface area contributed by atoms with Gasteiger partial charge in [0.1, 0.15) is 10.6 Å². The predicted molar refractivity (Wildman–Crippen MR) is 83.9 cm³/mol. The lowest BCUT2D eigenvalue weighted by molar-refractivity contribution is -0.142.